The number of pyridine rings is 1. The zero-order chi connectivity index (χ0) is 15.2. The van der Waals surface area contributed by atoms with Gasteiger partial charge in [-0.25, -0.2) is 4.98 Å². The van der Waals surface area contributed by atoms with E-state index in [4.69, 9.17) is 11.6 Å². The van der Waals surface area contributed by atoms with Gasteiger partial charge in [-0.2, -0.15) is 0 Å². The summed E-state index contributed by atoms with van der Waals surface area (Å²) in [6, 6.07) is 10.6. The number of carbonyl (C=O) groups excluding carboxylic acids is 1. The first-order valence-corrected chi connectivity index (χ1v) is 7.26. The van der Waals surface area contributed by atoms with Crippen molar-refractivity contribution >= 4 is 29.0 Å². The van der Waals surface area contributed by atoms with Gasteiger partial charge in [-0.3, -0.25) is 4.79 Å². The SMILES string of the molecule is CCCNc1cc(C(=O)Nc2cccc(Cl)c2)cc(C)n1. The third-order valence-electron chi connectivity index (χ3n) is 2.85. The molecule has 0 spiro atoms. The van der Waals surface area contributed by atoms with Crippen molar-refractivity contribution in [2.45, 2.75) is 20.3 Å². The average Bonchev–Trinajstić information content (AvgIpc) is 2.44. The molecule has 0 saturated carbocycles. The maximum Gasteiger partial charge on any atom is 0.255 e. The molecule has 0 radical (unpaired) electrons. The largest absolute Gasteiger partial charge is 0.370 e. The molecule has 2 aromatic rings. The van der Waals surface area contributed by atoms with Crippen LogP contribution in [0.4, 0.5) is 11.5 Å². The number of aromatic nitrogens is 1. The number of amides is 1. The summed E-state index contributed by atoms with van der Waals surface area (Å²) >= 11 is 5.91. The smallest absolute Gasteiger partial charge is 0.255 e. The number of nitrogens with zero attached hydrogens (tertiary/aromatic N) is 1. The van der Waals surface area contributed by atoms with Crippen LogP contribution >= 0.6 is 11.6 Å². The van der Waals surface area contributed by atoms with E-state index in [9.17, 15) is 4.79 Å². The Morgan fingerprint density at radius 2 is 2.10 bits per heavy atom. The van der Waals surface area contributed by atoms with Crippen LogP contribution in [0.5, 0.6) is 0 Å². The van der Waals surface area contributed by atoms with Crippen molar-refractivity contribution < 1.29 is 4.79 Å². The topological polar surface area (TPSA) is 54.0 Å². The van der Waals surface area contributed by atoms with Gasteiger partial charge in [0.2, 0.25) is 0 Å². The van der Waals surface area contributed by atoms with Crippen molar-refractivity contribution in [1.82, 2.24) is 4.98 Å². The minimum absolute atomic E-state index is 0.178. The van der Waals surface area contributed by atoms with E-state index in [2.05, 4.69) is 22.5 Å². The Morgan fingerprint density at radius 3 is 2.81 bits per heavy atom. The van der Waals surface area contributed by atoms with Crippen LogP contribution < -0.4 is 10.6 Å². The Balaban J connectivity index is 2.16. The van der Waals surface area contributed by atoms with Crippen molar-refractivity contribution in [2.24, 2.45) is 0 Å². The molecule has 1 heterocycles. The third kappa shape index (κ3) is 4.46. The highest BCUT2D eigenvalue weighted by atomic mass is 35.5. The molecule has 0 fully saturated rings. The predicted molar refractivity (Wildman–Crippen MR) is 87.2 cm³/mol. The molecule has 0 atom stereocenters. The fraction of sp³-hybridized carbons (Fsp3) is 0.250. The second-order valence-electron chi connectivity index (χ2n) is 4.77. The second-order valence-corrected chi connectivity index (χ2v) is 5.21. The van der Waals surface area contributed by atoms with E-state index >= 15 is 0 Å². The molecule has 0 saturated heterocycles. The van der Waals surface area contributed by atoms with Crippen LogP contribution in [0.15, 0.2) is 36.4 Å². The standard InChI is InChI=1S/C16H18ClN3O/c1-3-7-18-15-9-12(8-11(2)19-15)16(21)20-14-6-4-5-13(17)10-14/h4-6,8-10H,3,7H2,1-2H3,(H,18,19)(H,20,21). The van der Waals surface area contributed by atoms with Crippen LogP contribution in [0, 0.1) is 6.92 Å². The molecule has 0 aliphatic heterocycles. The minimum Gasteiger partial charge on any atom is -0.370 e. The van der Waals surface area contributed by atoms with Crippen molar-refractivity contribution in [3.63, 3.8) is 0 Å². The van der Waals surface area contributed by atoms with Crippen LogP contribution in [-0.4, -0.2) is 17.4 Å². The van der Waals surface area contributed by atoms with Gasteiger partial charge in [0.25, 0.3) is 5.91 Å². The molecule has 0 bridgehead atoms. The van der Waals surface area contributed by atoms with Crippen LogP contribution in [0.3, 0.4) is 0 Å². The molecule has 2 N–H and O–H groups in total. The summed E-state index contributed by atoms with van der Waals surface area (Å²) < 4.78 is 0. The van der Waals surface area contributed by atoms with Gasteiger partial charge in [0.05, 0.1) is 0 Å². The molecular weight excluding hydrogens is 286 g/mol. The minimum atomic E-state index is -0.178. The van der Waals surface area contributed by atoms with Crippen molar-refractivity contribution in [2.75, 3.05) is 17.2 Å². The summed E-state index contributed by atoms with van der Waals surface area (Å²) in [7, 11) is 0. The highest BCUT2D eigenvalue weighted by Gasteiger charge is 2.09. The number of halogens is 1. The van der Waals surface area contributed by atoms with Crippen molar-refractivity contribution in [1.29, 1.82) is 0 Å². The molecular formula is C16H18ClN3O. The Hall–Kier alpha value is -2.07. The van der Waals surface area contributed by atoms with Gasteiger partial charge in [-0.15, -0.1) is 0 Å². The number of benzene rings is 1. The molecule has 1 aromatic carbocycles. The number of rotatable bonds is 5. The third-order valence-corrected chi connectivity index (χ3v) is 3.09. The normalized spacial score (nSPS) is 10.2. The zero-order valence-electron chi connectivity index (χ0n) is 12.1. The Kier molecular flexibility index (Phi) is 5.17. The number of hydrogen-bond donors (Lipinski definition) is 2. The maximum absolute atomic E-state index is 12.3. The molecule has 0 aliphatic rings. The van der Waals surface area contributed by atoms with Crippen molar-refractivity contribution in [3.05, 3.63) is 52.7 Å². The maximum atomic E-state index is 12.3. The molecule has 2 rings (SSSR count). The van der Waals surface area contributed by atoms with Crippen LogP contribution in [0.1, 0.15) is 29.4 Å². The van der Waals surface area contributed by atoms with Gasteiger partial charge in [0.15, 0.2) is 0 Å². The quantitative estimate of drug-likeness (QED) is 0.873. The van der Waals surface area contributed by atoms with E-state index in [1.165, 1.54) is 0 Å². The number of anilines is 2. The Bertz CT molecular complexity index is 643. The average molecular weight is 304 g/mol. The van der Waals surface area contributed by atoms with Gasteiger partial charge < -0.3 is 10.6 Å². The number of carbonyl (C=O) groups is 1. The Morgan fingerprint density at radius 1 is 1.29 bits per heavy atom. The van der Waals surface area contributed by atoms with E-state index in [1.54, 1.807) is 36.4 Å². The van der Waals surface area contributed by atoms with E-state index in [0.717, 1.165) is 18.7 Å². The predicted octanol–water partition coefficient (Wildman–Crippen LogP) is 4.12. The lowest BCUT2D eigenvalue weighted by Crippen LogP contribution is -2.13. The summed E-state index contributed by atoms with van der Waals surface area (Å²) in [5, 5.41) is 6.61. The Labute approximate surface area is 129 Å². The van der Waals surface area contributed by atoms with Crippen molar-refractivity contribution in [3.8, 4) is 0 Å². The fourth-order valence-electron chi connectivity index (χ4n) is 1.91. The highest BCUT2D eigenvalue weighted by Crippen LogP contribution is 2.17. The summed E-state index contributed by atoms with van der Waals surface area (Å²) in [4.78, 5) is 16.7. The van der Waals surface area contributed by atoms with Crippen LogP contribution in [0.2, 0.25) is 5.02 Å². The molecule has 1 aromatic heterocycles. The molecule has 4 nitrogen and oxygen atoms in total. The molecule has 5 heteroatoms. The van der Waals surface area contributed by atoms with E-state index in [-0.39, 0.29) is 5.91 Å². The second kappa shape index (κ2) is 7.09. The zero-order valence-corrected chi connectivity index (χ0v) is 12.9. The fourth-order valence-corrected chi connectivity index (χ4v) is 2.10. The molecule has 1 amide bonds. The molecule has 21 heavy (non-hydrogen) atoms. The lowest BCUT2D eigenvalue weighted by Gasteiger charge is -2.09. The van der Waals surface area contributed by atoms with E-state index < -0.39 is 0 Å². The van der Waals surface area contributed by atoms with Gasteiger partial charge in [0, 0.05) is 28.5 Å². The van der Waals surface area contributed by atoms with E-state index in [1.807, 2.05) is 6.92 Å². The lowest BCUT2D eigenvalue weighted by atomic mass is 10.2. The monoisotopic (exact) mass is 303 g/mol. The summed E-state index contributed by atoms with van der Waals surface area (Å²) in [6.07, 6.45) is 1.000. The summed E-state index contributed by atoms with van der Waals surface area (Å²) in [6.45, 7) is 4.77. The first-order chi connectivity index (χ1) is 10.1. The van der Waals surface area contributed by atoms with Gasteiger partial charge in [-0.1, -0.05) is 24.6 Å². The van der Waals surface area contributed by atoms with E-state index in [0.29, 0.717) is 22.1 Å². The number of aryl methyl sites for hydroxylation is 1. The number of nitrogens with one attached hydrogen (secondary N) is 2. The van der Waals surface area contributed by atoms with Crippen LogP contribution in [0.25, 0.3) is 0 Å². The summed E-state index contributed by atoms with van der Waals surface area (Å²) in [5.74, 6) is 0.537. The molecule has 0 aliphatic carbocycles. The number of hydrogen-bond acceptors (Lipinski definition) is 3. The summed E-state index contributed by atoms with van der Waals surface area (Å²) in [5.41, 5.74) is 2.04. The van der Waals surface area contributed by atoms with Gasteiger partial charge in [0.1, 0.15) is 5.82 Å². The first kappa shape index (κ1) is 15.3. The van der Waals surface area contributed by atoms with Crippen LogP contribution in [-0.2, 0) is 0 Å². The molecule has 0 unspecified atom stereocenters. The molecule has 110 valence electrons. The van der Waals surface area contributed by atoms with Gasteiger partial charge >= 0.3 is 0 Å². The first-order valence-electron chi connectivity index (χ1n) is 6.88. The highest BCUT2D eigenvalue weighted by molar-refractivity contribution is 6.30. The lowest BCUT2D eigenvalue weighted by molar-refractivity contribution is 0.102. The van der Waals surface area contributed by atoms with Gasteiger partial charge in [-0.05, 0) is 43.7 Å².